The molecule has 2 amide bonds. The second-order valence-electron chi connectivity index (χ2n) is 4.54. The molecule has 4 nitrogen and oxygen atoms in total. The average Bonchev–Trinajstić information content (AvgIpc) is 2.54. The number of hydrogen-bond acceptors (Lipinski definition) is 2. The van der Waals surface area contributed by atoms with Crippen molar-refractivity contribution >= 4 is 33.4 Å². The van der Waals surface area contributed by atoms with Crippen molar-refractivity contribution < 1.29 is 9.59 Å². The maximum Gasteiger partial charge on any atom is 0.255 e. The predicted octanol–water partition coefficient (Wildman–Crippen LogP) is 3.62. The first kappa shape index (κ1) is 16.0. The van der Waals surface area contributed by atoms with Gasteiger partial charge in [0.15, 0.2) is 0 Å². The van der Waals surface area contributed by atoms with Gasteiger partial charge in [-0.15, -0.1) is 6.58 Å². The van der Waals surface area contributed by atoms with Gasteiger partial charge in [0.25, 0.3) is 11.8 Å². The lowest BCUT2D eigenvalue weighted by molar-refractivity contribution is 0.0958. The third kappa shape index (κ3) is 4.30. The molecule has 5 heteroatoms. The van der Waals surface area contributed by atoms with Gasteiger partial charge in [-0.05, 0) is 42.5 Å². The lowest BCUT2D eigenvalue weighted by Gasteiger charge is -2.07. The van der Waals surface area contributed by atoms with Crippen molar-refractivity contribution in [1.29, 1.82) is 0 Å². The molecule has 0 unspecified atom stereocenters. The maximum absolute atomic E-state index is 12.2. The molecular formula is C17H15BrN2O2. The van der Waals surface area contributed by atoms with Crippen LogP contribution in [0.4, 0.5) is 5.69 Å². The Hall–Kier alpha value is -2.40. The van der Waals surface area contributed by atoms with Crippen LogP contribution < -0.4 is 10.6 Å². The number of halogens is 1. The fourth-order valence-electron chi connectivity index (χ4n) is 1.81. The number of benzene rings is 2. The number of nitrogens with one attached hydrogen (secondary N) is 2. The topological polar surface area (TPSA) is 58.2 Å². The van der Waals surface area contributed by atoms with E-state index in [4.69, 9.17) is 0 Å². The summed E-state index contributed by atoms with van der Waals surface area (Å²) in [6.45, 7) is 3.93. The van der Waals surface area contributed by atoms with Gasteiger partial charge >= 0.3 is 0 Å². The second-order valence-corrected chi connectivity index (χ2v) is 5.46. The molecule has 0 heterocycles. The maximum atomic E-state index is 12.2. The summed E-state index contributed by atoms with van der Waals surface area (Å²) >= 11 is 3.34. The Morgan fingerprint density at radius 3 is 2.32 bits per heavy atom. The van der Waals surface area contributed by atoms with Gasteiger partial charge in [0, 0.05) is 27.8 Å². The van der Waals surface area contributed by atoms with Crippen LogP contribution >= 0.6 is 15.9 Å². The molecule has 2 N–H and O–H groups in total. The van der Waals surface area contributed by atoms with Crippen molar-refractivity contribution in [3.63, 3.8) is 0 Å². The Kier molecular flexibility index (Phi) is 5.49. The van der Waals surface area contributed by atoms with Crippen molar-refractivity contribution in [1.82, 2.24) is 5.32 Å². The van der Waals surface area contributed by atoms with E-state index in [0.29, 0.717) is 23.4 Å². The standard InChI is InChI=1S/C17H15BrN2O2/c1-2-10-19-16(21)12-4-3-5-13(11-12)17(22)20-15-8-6-14(18)7-9-15/h2-9,11H,1,10H2,(H,19,21)(H,20,22). The first-order valence-electron chi connectivity index (χ1n) is 6.66. The highest BCUT2D eigenvalue weighted by atomic mass is 79.9. The zero-order valence-electron chi connectivity index (χ0n) is 11.8. The molecule has 0 aliphatic heterocycles. The molecule has 0 aliphatic rings. The van der Waals surface area contributed by atoms with Gasteiger partial charge in [0.1, 0.15) is 0 Å². The van der Waals surface area contributed by atoms with Crippen LogP contribution in [0.1, 0.15) is 20.7 Å². The minimum Gasteiger partial charge on any atom is -0.349 e. The Morgan fingerprint density at radius 1 is 1.05 bits per heavy atom. The van der Waals surface area contributed by atoms with E-state index in [9.17, 15) is 9.59 Å². The molecule has 0 spiro atoms. The zero-order valence-corrected chi connectivity index (χ0v) is 13.4. The van der Waals surface area contributed by atoms with Crippen LogP contribution in [-0.4, -0.2) is 18.4 Å². The third-order valence-electron chi connectivity index (χ3n) is 2.90. The van der Waals surface area contributed by atoms with Crippen molar-refractivity contribution in [2.75, 3.05) is 11.9 Å². The first-order chi connectivity index (χ1) is 10.6. The summed E-state index contributed by atoms with van der Waals surface area (Å²) in [4.78, 5) is 24.1. The van der Waals surface area contributed by atoms with E-state index in [0.717, 1.165) is 4.47 Å². The number of rotatable bonds is 5. The van der Waals surface area contributed by atoms with E-state index in [1.165, 1.54) is 0 Å². The third-order valence-corrected chi connectivity index (χ3v) is 3.42. The van der Waals surface area contributed by atoms with Crippen LogP contribution in [-0.2, 0) is 0 Å². The Labute approximate surface area is 137 Å². The molecule has 22 heavy (non-hydrogen) atoms. The molecule has 0 fully saturated rings. The Morgan fingerprint density at radius 2 is 1.68 bits per heavy atom. The van der Waals surface area contributed by atoms with Crippen LogP contribution in [0.3, 0.4) is 0 Å². The van der Waals surface area contributed by atoms with E-state index < -0.39 is 0 Å². The molecule has 0 aliphatic carbocycles. The zero-order chi connectivity index (χ0) is 15.9. The number of carbonyl (C=O) groups is 2. The van der Waals surface area contributed by atoms with Crippen molar-refractivity contribution in [3.8, 4) is 0 Å². The van der Waals surface area contributed by atoms with Crippen LogP contribution in [0.15, 0.2) is 65.7 Å². The molecule has 112 valence electrons. The van der Waals surface area contributed by atoms with E-state index in [2.05, 4.69) is 33.1 Å². The monoisotopic (exact) mass is 358 g/mol. The second kappa shape index (κ2) is 7.56. The summed E-state index contributed by atoms with van der Waals surface area (Å²) in [6, 6.07) is 13.8. The Bertz CT molecular complexity index is 696. The van der Waals surface area contributed by atoms with E-state index in [1.54, 1.807) is 42.5 Å². The van der Waals surface area contributed by atoms with Gasteiger partial charge in [-0.2, -0.15) is 0 Å². The predicted molar refractivity (Wildman–Crippen MR) is 91.1 cm³/mol. The summed E-state index contributed by atoms with van der Waals surface area (Å²) < 4.78 is 0.936. The molecule has 0 radical (unpaired) electrons. The molecular weight excluding hydrogens is 344 g/mol. The highest BCUT2D eigenvalue weighted by molar-refractivity contribution is 9.10. The number of carbonyl (C=O) groups excluding carboxylic acids is 2. The normalized spacial score (nSPS) is 9.86. The van der Waals surface area contributed by atoms with Crippen molar-refractivity contribution in [2.45, 2.75) is 0 Å². The average molecular weight is 359 g/mol. The highest BCUT2D eigenvalue weighted by Gasteiger charge is 2.10. The summed E-state index contributed by atoms with van der Waals surface area (Å²) in [7, 11) is 0. The molecule has 0 saturated heterocycles. The number of anilines is 1. The summed E-state index contributed by atoms with van der Waals surface area (Å²) in [5.74, 6) is -0.501. The largest absolute Gasteiger partial charge is 0.349 e. The van der Waals surface area contributed by atoms with E-state index in [1.807, 2.05) is 12.1 Å². The highest BCUT2D eigenvalue weighted by Crippen LogP contribution is 2.15. The lowest BCUT2D eigenvalue weighted by atomic mass is 10.1. The molecule has 2 aromatic carbocycles. The van der Waals surface area contributed by atoms with Crippen LogP contribution in [0.25, 0.3) is 0 Å². The molecule has 0 aromatic heterocycles. The van der Waals surface area contributed by atoms with Gasteiger partial charge in [-0.3, -0.25) is 9.59 Å². The summed E-state index contributed by atoms with van der Waals surface area (Å²) in [5, 5.41) is 5.46. The molecule has 0 saturated carbocycles. The van der Waals surface area contributed by atoms with Gasteiger partial charge < -0.3 is 10.6 Å². The first-order valence-corrected chi connectivity index (χ1v) is 7.45. The Balaban J connectivity index is 2.11. The fraction of sp³-hybridized carbons (Fsp3) is 0.0588. The van der Waals surface area contributed by atoms with Crippen LogP contribution in [0, 0.1) is 0 Å². The number of hydrogen-bond donors (Lipinski definition) is 2. The minimum absolute atomic E-state index is 0.238. The SMILES string of the molecule is C=CCNC(=O)c1cccc(C(=O)Nc2ccc(Br)cc2)c1. The van der Waals surface area contributed by atoms with Crippen LogP contribution in [0.5, 0.6) is 0 Å². The van der Waals surface area contributed by atoms with Gasteiger partial charge in [0.05, 0.1) is 0 Å². The fourth-order valence-corrected chi connectivity index (χ4v) is 2.07. The molecule has 2 aromatic rings. The van der Waals surface area contributed by atoms with Crippen LogP contribution in [0.2, 0.25) is 0 Å². The molecule has 2 rings (SSSR count). The summed E-state index contributed by atoms with van der Waals surface area (Å²) in [6.07, 6.45) is 1.60. The molecule has 0 bridgehead atoms. The van der Waals surface area contributed by atoms with E-state index >= 15 is 0 Å². The van der Waals surface area contributed by atoms with Crippen molar-refractivity contribution in [2.24, 2.45) is 0 Å². The number of amides is 2. The smallest absolute Gasteiger partial charge is 0.255 e. The van der Waals surface area contributed by atoms with Gasteiger partial charge in [0.2, 0.25) is 0 Å². The minimum atomic E-state index is -0.263. The lowest BCUT2D eigenvalue weighted by Crippen LogP contribution is -2.23. The quantitative estimate of drug-likeness (QED) is 0.802. The van der Waals surface area contributed by atoms with Crippen molar-refractivity contribution in [3.05, 3.63) is 76.8 Å². The van der Waals surface area contributed by atoms with Gasteiger partial charge in [-0.1, -0.05) is 28.1 Å². The van der Waals surface area contributed by atoms with E-state index in [-0.39, 0.29) is 11.8 Å². The molecule has 0 atom stereocenters. The summed E-state index contributed by atoms with van der Waals surface area (Å²) in [5.41, 5.74) is 1.55. The van der Waals surface area contributed by atoms with Gasteiger partial charge in [-0.25, -0.2) is 0 Å².